The molecule has 16 heavy (non-hydrogen) atoms. The SMILES string of the molecule is CCCC(NC)C(OCC)C1CCCCC1. The third-order valence-electron chi connectivity index (χ3n) is 3.84. The summed E-state index contributed by atoms with van der Waals surface area (Å²) in [7, 11) is 2.08. The lowest BCUT2D eigenvalue weighted by molar-refractivity contribution is -0.0178. The molecule has 0 radical (unpaired) electrons. The molecule has 1 fully saturated rings. The molecule has 2 atom stereocenters. The van der Waals surface area contributed by atoms with Gasteiger partial charge in [-0.15, -0.1) is 0 Å². The van der Waals surface area contributed by atoms with Gasteiger partial charge < -0.3 is 10.1 Å². The lowest BCUT2D eigenvalue weighted by Gasteiger charge is -2.35. The summed E-state index contributed by atoms with van der Waals surface area (Å²) in [5, 5.41) is 3.46. The number of hydrogen-bond donors (Lipinski definition) is 1. The van der Waals surface area contributed by atoms with Gasteiger partial charge in [-0.25, -0.2) is 0 Å². The largest absolute Gasteiger partial charge is 0.377 e. The first-order valence-corrected chi connectivity index (χ1v) is 7.12. The second kappa shape index (κ2) is 8.08. The molecule has 0 aliphatic heterocycles. The average Bonchev–Trinajstić information content (AvgIpc) is 2.35. The summed E-state index contributed by atoms with van der Waals surface area (Å²) in [6, 6.07) is 0.549. The van der Waals surface area contributed by atoms with Gasteiger partial charge in [0.1, 0.15) is 0 Å². The molecule has 0 aromatic rings. The zero-order valence-corrected chi connectivity index (χ0v) is 11.3. The Bertz CT molecular complexity index is 161. The molecule has 0 aromatic heterocycles. The number of nitrogens with one attached hydrogen (secondary N) is 1. The first-order chi connectivity index (χ1) is 7.83. The lowest BCUT2D eigenvalue weighted by atomic mass is 9.81. The highest BCUT2D eigenvalue weighted by Gasteiger charge is 2.29. The van der Waals surface area contributed by atoms with E-state index in [2.05, 4.69) is 26.2 Å². The van der Waals surface area contributed by atoms with E-state index in [-0.39, 0.29) is 0 Å². The van der Waals surface area contributed by atoms with Gasteiger partial charge in [0.05, 0.1) is 6.10 Å². The van der Waals surface area contributed by atoms with Crippen molar-refractivity contribution in [2.75, 3.05) is 13.7 Å². The first kappa shape index (κ1) is 14.0. The Morgan fingerprint density at radius 1 is 1.19 bits per heavy atom. The second-order valence-corrected chi connectivity index (χ2v) is 5.00. The minimum Gasteiger partial charge on any atom is -0.377 e. The monoisotopic (exact) mass is 227 g/mol. The molecule has 0 heterocycles. The van der Waals surface area contributed by atoms with Gasteiger partial charge in [-0.1, -0.05) is 32.6 Å². The van der Waals surface area contributed by atoms with Crippen molar-refractivity contribution in [2.24, 2.45) is 5.92 Å². The van der Waals surface area contributed by atoms with Crippen molar-refractivity contribution in [3.8, 4) is 0 Å². The highest BCUT2D eigenvalue weighted by molar-refractivity contribution is 4.84. The lowest BCUT2D eigenvalue weighted by Crippen LogP contribution is -2.44. The Balaban J connectivity index is 2.54. The molecule has 1 rings (SSSR count). The van der Waals surface area contributed by atoms with Crippen LogP contribution in [0, 0.1) is 5.92 Å². The van der Waals surface area contributed by atoms with Crippen LogP contribution in [0.2, 0.25) is 0 Å². The van der Waals surface area contributed by atoms with Crippen LogP contribution in [-0.4, -0.2) is 25.8 Å². The summed E-state index contributed by atoms with van der Waals surface area (Å²) in [6.07, 6.45) is 9.87. The topological polar surface area (TPSA) is 21.3 Å². The fourth-order valence-corrected chi connectivity index (χ4v) is 3.02. The molecule has 2 nitrogen and oxygen atoms in total. The molecule has 96 valence electrons. The van der Waals surface area contributed by atoms with E-state index in [1.54, 1.807) is 0 Å². The third kappa shape index (κ3) is 4.06. The number of hydrogen-bond acceptors (Lipinski definition) is 2. The average molecular weight is 227 g/mol. The van der Waals surface area contributed by atoms with Gasteiger partial charge in [-0.05, 0) is 39.2 Å². The van der Waals surface area contributed by atoms with E-state index in [1.165, 1.54) is 44.9 Å². The van der Waals surface area contributed by atoms with Crippen LogP contribution in [0.5, 0.6) is 0 Å². The Morgan fingerprint density at radius 2 is 1.88 bits per heavy atom. The van der Waals surface area contributed by atoms with E-state index in [0.717, 1.165) is 12.5 Å². The fourth-order valence-electron chi connectivity index (χ4n) is 3.02. The molecular weight excluding hydrogens is 198 g/mol. The molecule has 1 saturated carbocycles. The molecule has 0 aromatic carbocycles. The van der Waals surface area contributed by atoms with Crippen LogP contribution >= 0.6 is 0 Å². The molecule has 2 heteroatoms. The van der Waals surface area contributed by atoms with Crippen molar-refractivity contribution in [1.82, 2.24) is 5.32 Å². The minimum absolute atomic E-state index is 0.440. The fraction of sp³-hybridized carbons (Fsp3) is 1.00. The van der Waals surface area contributed by atoms with Crippen LogP contribution in [0.4, 0.5) is 0 Å². The highest BCUT2D eigenvalue weighted by Crippen LogP contribution is 2.30. The van der Waals surface area contributed by atoms with Crippen LogP contribution in [-0.2, 0) is 4.74 Å². The van der Waals surface area contributed by atoms with Crippen LogP contribution in [0.15, 0.2) is 0 Å². The van der Waals surface area contributed by atoms with Gasteiger partial charge in [0, 0.05) is 12.6 Å². The molecule has 1 aliphatic rings. The normalized spacial score (nSPS) is 21.9. The summed E-state index contributed by atoms with van der Waals surface area (Å²) in [5.74, 6) is 0.790. The Labute approximate surface area is 101 Å². The van der Waals surface area contributed by atoms with Gasteiger partial charge in [0.2, 0.25) is 0 Å². The second-order valence-electron chi connectivity index (χ2n) is 5.00. The maximum absolute atomic E-state index is 6.02. The zero-order valence-electron chi connectivity index (χ0n) is 11.3. The van der Waals surface area contributed by atoms with Gasteiger partial charge in [-0.3, -0.25) is 0 Å². The molecular formula is C14H29NO. The zero-order chi connectivity index (χ0) is 11.8. The molecule has 1 N–H and O–H groups in total. The van der Waals surface area contributed by atoms with Crippen LogP contribution in [0.3, 0.4) is 0 Å². The van der Waals surface area contributed by atoms with Crippen LogP contribution in [0.1, 0.15) is 58.8 Å². The maximum atomic E-state index is 6.02. The van der Waals surface area contributed by atoms with Crippen LogP contribution in [0.25, 0.3) is 0 Å². The molecule has 0 saturated heterocycles. The van der Waals surface area contributed by atoms with E-state index in [9.17, 15) is 0 Å². The van der Waals surface area contributed by atoms with E-state index in [4.69, 9.17) is 4.74 Å². The van der Waals surface area contributed by atoms with Gasteiger partial charge in [-0.2, -0.15) is 0 Å². The highest BCUT2D eigenvalue weighted by atomic mass is 16.5. The number of rotatable bonds is 7. The Morgan fingerprint density at radius 3 is 2.38 bits per heavy atom. The maximum Gasteiger partial charge on any atom is 0.0755 e. The first-order valence-electron chi connectivity index (χ1n) is 7.12. The predicted molar refractivity (Wildman–Crippen MR) is 69.7 cm³/mol. The third-order valence-corrected chi connectivity index (χ3v) is 3.84. The van der Waals surface area contributed by atoms with Gasteiger partial charge in [0.15, 0.2) is 0 Å². The van der Waals surface area contributed by atoms with Gasteiger partial charge in [0.25, 0.3) is 0 Å². The van der Waals surface area contributed by atoms with Crippen molar-refractivity contribution >= 4 is 0 Å². The van der Waals surface area contributed by atoms with E-state index >= 15 is 0 Å². The van der Waals surface area contributed by atoms with Crippen LogP contribution < -0.4 is 5.32 Å². The summed E-state index contributed by atoms with van der Waals surface area (Å²) >= 11 is 0. The molecule has 0 spiro atoms. The summed E-state index contributed by atoms with van der Waals surface area (Å²) < 4.78 is 6.02. The molecule has 0 amide bonds. The van der Waals surface area contributed by atoms with E-state index in [1.807, 2.05) is 0 Å². The summed E-state index contributed by atoms with van der Waals surface area (Å²) in [5.41, 5.74) is 0. The van der Waals surface area contributed by atoms with Crippen molar-refractivity contribution in [1.29, 1.82) is 0 Å². The van der Waals surface area contributed by atoms with Crippen molar-refractivity contribution in [3.05, 3.63) is 0 Å². The number of likely N-dealkylation sites (N-methyl/N-ethyl adjacent to an activating group) is 1. The molecule has 1 aliphatic carbocycles. The van der Waals surface area contributed by atoms with E-state index in [0.29, 0.717) is 12.1 Å². The van der Waals surface area contributed by atoms with Crippen molar-refractivity contribution in [2.45, 2.75) is 70.9 Å². The number of ether oxygens (including phenoxy) is 1. The summed E-state index contributed by atoms with van der Waals surface area (Å²) in [6.45, 7) is 5.23. The Kier molecular flexibility index (Phi) is 7.06. The van der Waals surface area contributed by atoms with E-state index < -0.39 is 0 Å². The predicted octanol–water partition coefficient (Wildman–Crippen LogP) is 3.36. The molecule has 0 bridgehead atoms. The van der Waals surface area contributed by atoms with Crippen molar-refractivity contribution < 1.29 is 4.74 Å². The van der Waals surface area contributed by atoms with Gasteiger partial charge >= 0.3 is 0 Å². The minimum atomic E-state index is 0.440. The standard InChI is InChI=1S/C14H29NO/c1-4-9-13(15-3)14(16-5-2)12-10-7-6-8-11-12/h12-15H,4-11H2,1-3H3. The van der Waals surface area contributed by atoms with Crippen molar-refractivity contribution in [3.63, 3.8) is 0 Å². The summed E-state index contributed by atoms with van der Waals surface area (Å²) in [4.78, 5) is 0. The Hall–Kier alpha value is -0.0800. The smallest absolute Gasteiger partial charge is 0.0755 e. The molecule has 2 unspecified atom stereocenters. The quantitative estimate of drug-likeness (QED) is 0.720.